The standard InChI is InChI=1S/C16H13FN4/c1-10(2)21-15-6-3-11(8-18)7-14(15)20-16(21)13-5-4-12(17)9-19-13/h3-7,9-10H,1-2H3. The third-order valence-corrected chi connectivity index (χ3v) is 3.29. The van der Waals surface area contributed by atoms with Crippen molar-refractivity contribution in [1.29, 1.82) is 5.26 Å². The summed E-state index contributed by atoms with van der Waals surface area (Å²) in [5, 5.41) is 8.99. The van der Waals surface area contributed by atoms with Gasteiger partial charge in [0.15, 0.2) is 5.82 Å². The van der Waals surface area contributed by atoms with Crippen LogP contribution < -0.4 is 0 Å². The Balaban J connectivity index is 2.28. The van der Waals surface area contributed by atoms with E-state index in [1.807, 2.05) is 24.5 Å². The molecule has 4 nitrogen and oxygen atoms in total. The first-order valence-corrected chi connectivity index (χ1v) is 6.64. The summed E-state index contributed by atoms with van der Waals surface area (Å²) in [5.74, 6) is 0.299. The lowest BCUT2D eigenvalue weighted by molar-refractivity contribution is 0.616. The summed E-state index contributed by atoms with van der Waals surface area (Å²) in [6.07, 6.45) is 1.18. The number of halogens is 1. The molecule has 0 amide bonds. The summed E-state index contributed by atoms with van der Waals surface area (Å²) in [6.45, 7) is 4.10. The van der Waals surface area contributed by atoms with Crippen LogP contribution in [0.2, 0.25) is 0 Å². The van der Waals surface area contributed by atoms with Gasteiger partial charge in [-0.15, -0.1) is 0 Å². The SMILES string of the molecule is CC(C)n1c(-c2ccc(F)cn2)nc2cc(C#N)ccc21. The molecule has 0 spiro atoms. The van der Waals surface area contributed by atoms with E-state index in [0.717, 1.165) is 11.0 Å². The van der Waals surface area contributed by atoms with Crippen LogP contribution in [0.4, 0.5) is 4.39 Å². The van der Waals surface area contributed by atoms with Crippen molar-refractivity contribution < 1.29 is 4.39 Å². The lowest BCUT2D eigenvalue weighted by atomic mass is 10.2. The molecule has 0 aliphatic carbocycles. The van der Waals surface area contributed by atoms with Gasteiger partial charge in [0, 0.05) is 6.04 Å². The molecule has 2 aromatic heterocycles. The highest BCUT2D eigenvalue weighted by Crippen LogP contribution is 2.27. The smallest absolute Gasteiger partial charge is 0.160 e. The summed E-state index contributed by atoms with van der Waals surface area (Å²) in [7, 11) is 0. The van der Waals surface area contributed by atoms with Crippen molar-refractivity contribution in [3.8, 4) is 17.6 Å². The number of aromatic nitrogens is 3. The predicted octanol–water partition coefficient (Wildman–Crippen LogP) is 3.69. The molecule has 1 aromatic carbocycles. The zero-order chi connectivity index (χ0) is 15.0. The fourth-order valence-corrected chi connectivity index (χ4v) is 2.38. The average molecular weight is 280 g/mol. The molecule has 0 saturated heterocycles. The van der Waals surface area contributed by atoms with Crippen LogP contribution in [0, 0.1) is 17.1 Å². The molecule has 0 radical (unpaired) electrons. The van der Waals surface area contributed by atoms with Crippen molar-refractivity contribution >= 4 is 11.0 Å². The first-order chi connectivity index (χ1) is 10.1. The molecule has 0 N–H and O–H groups in total. The van der Waals surface area contributed by atoms with Crippen LogP contribution in [0.3, 0.4) is 0 Å². The Labute approximate surface area is 121 Å². The maximum Gasteiger partial charge on any atom is 0.160 e. The van der Waals surface area contributed by atoms with Crippen LogP contribution in [0.1, 0.15) is 25.5 Å². The van der Waals surface area contributed by atoms with Crippen molar-refractivity contribution in [2.24, 2.45) is 0 Å². The average Bonchev–Trinajstić information content (AvgIpc) is 2.86. The molecule has 3 rings (SSSR count). The number of fused-ring (bicyclic) bond motifs is 1. The maximum atomic E-state index is 13.0. The molecule has 5 heteroatoms. The molecule has 104 valence electrons. The second-order valence-corrected chi connectivity index (χ2v) is 5.08. The van der Waals surface area contributed by atoms with Crippen LogP contribution in [-0.4, -0.2) is 14.5 Å². The van der Waals surface area contributed by atoms with E-state index in [1.165, 1.54) is 12.3 Å². The van der Waals surface area contributed by atoms with E-state index in [-0.39, 0.29) is 11.9 Å². The molecule has 0 aliphatic heterocycles. The molecule has 0 fully saturated rings. The van der Waals surface area contributed by atoms with E-state index in [0.29, 0.717) is 17.1 Å². The Morgan fingerprint density at radius 3 is 2.67 bits per heavy atom. The number of benzene rings is 1. The van der Waals surface area contributed by atoms with Crippen LogP contribution in [0.15, 0.2) is 36.5 Å². The van der Waals surface area contributed by atoms with Gasteiger partial charge in [0.2, 0.25) is 0 Å². The molecule has 0 bridgehead atoms. The zero-order valence-corrected chi connectivity index (χ0v) is 11.7. The topological polar surface area (TPSA) is 54.5 Å². The highest BCUT2D eigenvalue weighted by molar-refractivity contribution is 5.81. The van der Waals surface area contributed by atoms with Gasteiger partial charge in [-0.05, 0) is 44.2 Å². The first kappa shape index (κ1) is 13.3. The quantitative estimate of drug-likeness (QED) is 0.719. The Morgan fingerprint density at radius 1 is 1.24 bits per heavy atom. The Kier molecular flexibility index (Phi) is 3.15. The molecule has 0 aliphatic rings. The number of imidazole rings is 1. The maximum absolute atomic E-state index is 13.0. The summed E-state index contributed by atoms with van der Waals surface area (Å²) < 4.78 is 15.1. The molecule has 21 heavy (non-hydrogen) atoms. The second kappa shape index (κ2) is 4.98. The molecule has 0 saturated carbocycles. The summed E-state index contributed by atoms with van der Waals surface area (Å²) >= 11 is 0. The number of pyridine rings is 1. The van der Waals surface area contributed by atoms with Gasteiger partial charge in [-0.3, -0.25) is 0 Å². The van der Waals surface area contributed by atoms with Gasteiger partial charge in [0.25, 0.3) is 0 Å². The monoisotopic (exact) mass is 280 g/mol. The van der Waals surface area contributed by atoms with Crippen LogP contribution in [0.5, 0.6) is 0 Å². The van der Waals surface area contributed by atoms with Gasteiger partial charge >= 0.3 is 0 Å². The van der Waals surface area contributed by atoms with E-state index in [9.17, 15) is 4.39 Å². The van der Waals surface area contributed by atoms with E-state index in [2.05, 4.69) is 16.0 Å². The van der Waals surface area contributed by atoms with Crippen molar-refractivity contribution in [2.45, 2.75) is 19.9 Å². The molecule has 2 heterocycles. The van der Waals surface area contributed by atoms with Gasteiger partial charge in [0.1, 0.15) is 11.5 Å². The first-order valence-electron chi connectivity index (χ1n) is 6.64. The highest BCUT2D eigenvalue weighted by Gasteiger charge is 2.16. The summed E-state index contributed by atoms with van der Waals surface area (Å²) in [5.41, 5.74) is 2.85. The number of hydrogen-bond donors (Lipinski definition) is 0. The number of nitrogens with zero attached hydrogens (tertiary/aromatic N) is 4. The van der Waals surface area contributed by atoms with Gasteiger partial charge in [0.05, 0.1) is 28.9 Å². The Hall–Kier alpha value is -2.74. The minimum Gasteiger partial charge on any atom is -0.320 e. The van der Waals surface area contributed by atoms with Crippen LogP contribution >= 0.6 is 0 Å². The normalized spacial score (nSPS) is 11.0. The largest absolute Gasteiger partial charge is 0.320 e. The molecular formula is C16H13FN4. The third kappa shape index (κ3) is 2.25. The fraction of sp³-hybridized carbons (Fsp3) is 0.188. The number of rotatable bonds is 2. The lowest BCUT2D eigenvalue weighted by Gasteiger charge is -2.12. The highest BCUT2D eigenvalue weighted by atomic mass is 19.1. The third-order valence-electron chi connectivity index (χ3n) is 3.29. The molecule has 0 unspecified atom stereocenters. The minimum atomic E-state index is -0.377. The summed E-state index contributed by atoms with van der Waals surface area (Å²) in [4.78, 5) is 8.68. The predicted molar refractivity (Wildman–Crippen MR) is 78.0 cm³/mol. The minimum absolute atomic E-state index is 0.171. The molecular weight excluding hydrogens is 267 g/mol. The van der Waals surface area contributed by atoms with Crippen LogP contribution in [-0.2, 0) is 0 Å². The summed E-state index contributed by atoms with van der Waals surface area (Å²) in [6, 6.07) is 10.7. The van der Waals surface area contributed by atoms with Crippen molar-refractivity contribution in [1.82, 2.24) is 14.5 Å². The van der Waals surface area contributed by atoms with E-state index < -0.39 is 0 Å². The Bertz CT molecular complexity index is 841. The molecule has 0 atom stereocenters. The van der Waals surface area contributed by atoms with Gasteiger partial charge in [-0.2, -0.15) is 5.26 Å². The zero-order valence-electron chi connectivity index (χ0n) is 11.7. The van der Waals surface area contributed by atoms with Crippen molar-refractivity contribution in [3.05, 3.63) is 47.9 Å². The van der Waals surface area contributed by atoms with Gasteiger partial charge < -0.3 is 4.57 Å². The Morgan fingerprint density at radius 2 is 2.05 bits per heavy atom. The number of hydrogen-bond acceptors (Lipinski definition) is 3. The second-order valence-electron chi connectivity index (χ2n) is 5.08. The van der Waals surface area contributed by atoms with E-state index >= 15 is 0 Å². The lowest BCUT2D eigenvalue weighted by Crippen LogP contribution is -2.04. The number of nitriles is 1. The van der Waals surface area contributed by atoms with Gasteiger partial charge in [-0.1, -0.05) is 0 Å². The molecule has 3 aromatic rings. The van der Waals surface area contributed by atoms with Crippen molar-refractivity contribution in [3.63, 3.8) is 0 Å². The van der Waals surface area contributed by atoms with E-state index in [4.69, 9.17) is 5.26 Å². The van der Waals surface area contributed by atoms with Gasteiger partial charge in [-0.25, -0.2) is 14.4 Å². The van der Waals surface area contributed by atoms with E-state index in [1.54, 1.807) is 18.2 Å². The van der Waals surface area contributed by atoms with Crippen molar-refractivity contribution in [2.75, 3.05) is 0 Å². The fourth-order valence-electron chi connectivity index (χ4n) is 2.38. The van der Waals surface area contributed by atoms with Crippen LogP contribution in [0.25, 0.3) is 22.6 Å².